The third-order valence-electron chi connectivity index (χ3n) is 3.69. The molecule has 0 unspecified atom stereocenters. The zero-order valence-corrected chi connectivity index (χ0v) is 13.9. The van der Waals surface area contributed by atoms with Crippen LogP contribution in [0.3, 0.4) is 0 Å². The summed E-state index contributed by atoms with van der Waals surface area (Å²) in [6.07, 6.45) is 4.03. The van der Waals surface area contributed by atoms with Crippen LogP contribution in [0.15, 0.2) is 36.9 Å². The quantitative estimate of drug-likeness (QED) is 0.628. The van der Waals surface area contributed by atoms with E-state index < -0.39 is 11.9 Å². The minimum absolute atomic E-state index is 0.300. The smallest absolute Gasteiger partial charge is 0.144 e. The lowest BCUT2D eigenvalue weighted by atomic mass is 10.2. The Morgan fingerprint density at radius 2 is 2.24 bits per heavy atom. The number of hydroxylamine groups is 2. The van der Waals surface area contributed by atoms with Gasteiger partial charge in [-0.25, -0.2) is 14.4 Å². The van der Waals surface area contributed by atoms with E-state index in [0.29, 0.717) is 35.5 Å². The van der Waals surface area contributed by atoms with Crippen molar-refractivity contribution in [3.05, 3.63) is 42.7 Å². The Balaban J connectivity index is 1.74. The maximum absolute atomic E-state index is 14.1. The molecule has 2 aromatic heterocycles. The maximum atomic E-state index is 14.1. The molecule has 0 fully saturated rings. The molecular weight excluding hydrogens is 327 g/mol. The lowest BCUT2D eigenvalue weighted by Gasteiger charge is -2.17. The Labute approximate surface area is 143 Å². The number of hydrogen-bond donors (Lipinski definition) is 2. The predicted octanol–water partition coefficient (Wildman–Crippen LogP) is 1.56. The van der Waals surface area contributed by atoms with Gasteiger partial charge in [0.05, 0.1) is 49.1 Å². The summed E-state index contributed by atoms with van der Waals surface area (Å²) in [6, 6.07) is 4.69. The highest BCUT2D eigenvalue weighted by Crippen LogP contribution is 2.25. The van der Waals surface area contributed by atoms with Gasteiger partial charge >= 0.3 is 0 Å². The van der Waals surface area contributed by atoms with E-state index in [4.69, 9.17) is 4.84 Å². The molecule has 0 saturated carbocycles. The first-order chi connectivity index (χ1) is 12.1. The highest BCUT2D eigenvalue weighted by atomic mass is 19.1. The van der Waals surface area contributed by atoms with Gasteiger partial charge in [-0.05, 0) is 12.1 Å². The fraction of sp³-hybridized carbons (Fsp3) is 0.312. The number of fused-ring (bicyclic) bond motifs is 1. The van der Waals surface area contributed by atoms with Gasteiger partial charge < -0.3 is 15.3 Å². The number of likely N-dealkylation sites (N-methyl/N-ethyl adjacent to an activating group) is 1. The third kappa shape index (κ3) is 4.08. The number of benzene rings is 1. The average molecular weight is 346 g/mol. The van der Waals surface area contributed by atoms with Crippen LogP contribution in [-0.4, -0.2) is 56.7 Å². The number of anilines is 2. The van der Waals surface area contributed by atoms with E-state index in [-0.39, 0.29) is 0 Å². The van der Waals surface area contributed by atoms with Crippen LogP contribution in [0.2, 0.25) is 0 Å². The van der Waals surface area contributed by atoms with Crippen LogP contribution in [0, 0.1) is 5.82 Å². The molecule has 0 bridgehead atoms. The average Bonchev–Trinajstić information content (AvgIpc) is 3.01. The van der Waals surface area contributed by atoms with Crippen LogP contribution in [0.4, 0.5) is 15.9 Å². The van der Waals surface area contributed by atoms with Gasteiger partial charge in [-0.1, -0.05) is 6.07 Å². The summed E-state index contributed by atoms with van der Waals surface area (Å²) in [5.41, 5.74) is 1.15. The highest BCUT2D eigenvalue weighted by Gasteiger charge is 2.12. The van der Waals surface area contributed by atoms with Gasteiger partial charge in [0.15, 0.2) is 0 Å². The van der Waals surface area contributed by atoms with Crippen molar-refractivity contribution < 1.29 is 14.3 Å². The van der Waals surface area contributed by atoms with Gasteiger partial charge in [-0.15, -0.1) is 0 Å². The van der Waals surface area contributed by atoms with E-state index in [0.717, 1.165) is 0 Å². The monoisotopic (exact) mass is 346 g/mol. The number of aromatic nitrogens is 4. The van der Waals surface area contributed by atoms with Gasteiger partial charge in [0.1, 0.15) is 18.0 Å². The van der Waals surface area contributed by atoms with Crippen LogP contribution < -0.4 is 5.32 Å². The normalized spacial score (nSPS) is 12.7. The zero-order chi connectivity index (χ0) is 17.8. The number of halogens is 1. The molecule has 8 nitrogen and oxygen atoms in total. The van der Waals surface area contributed by atoms with Gasteiger partial charge in [0, 0.05) is 13.2 Å². The van der Waals surface area contributed by atoms with E-state index in [9.17, 15) is 9.50 Å². The molecule has 1 atom stereocenters. The molecule has 25 heavy (non-hydrogen) atoms. The summed E-state index contributed by atoms with van der Waals surface area (Å²) < 4.78 is 15.7. The summed E-state index contributed by atoms with van der Waals surface area (Å²) in [6.45, 7) is 0.648. The molecule has 132 valence electrons. The maximum Gasteiger partial charge on any atom is 0.144 e. The summed E-state index contributed by atoms with van der Waals surface area (Å²) in [7, 11) is 3.27. The van der Waals surface area contributed by atoms with Crippen LogP contribution >= 0.6 is 0 Å². The first-order valence-corrected chi connectivity index (χ1v) is 7.69. The minimum atomic E-state index is -0.643. The molecule has 3 rings (SSSR count). The van der Waals surface area contributed by atoms with Crippen molar-refractivity contribution in [2.45, 2.75) is 12.6 Å². The van der Waals surface area contributed by atoms with Crippen molar-refractivity contribution >= 4 is 22.4 Å². The van der Waals surface area contributed by atoms with Gasteiger partial charge in [-0.3, -0.25) is 4.68 Å². The van der Waals surface area contributed by atoms with Crippen LogP contribution in [-0.2, 0) is 11.4 Å². The molecule has 9 heteroatoms. The lowest BCUT2D eigenvalue weighted by Crippen LogP contribution is -2.31. The second-order valence-electron chi connectivity index (χ2n) is 5.58. The van der Waals surface area contributed by atoms with Gasteiger partial charge in [0.25, 0.3) is 0 Å². The summed E-state index contributed by atoms with van der Waals surface area (Å²) >= 11 is 0. The van der Waals surface area contributed by atoms with E-state index in [1.807, 2.05) is 0 Å². The van der Waals surface area contributed by atoms with Crippen LogP contribution in [0.25, 0.3) is 10.9 Å². The number of aliphatic hydroxyl groups excluding tert-OH is 1. The highest BCUT2D eigenvalue weighted by molar-refractivity contribution is 5.90. The van der Waals surface area contributed by atoms with Crippen molar-refractivity contribution in [2.75, 3.05) is 26.0 Å². The molecule has 0 amide bonds. The molecule has 3 aromatic rings. The number of hydrogen-bond acceptors (Lipinski definition) is 7. The molecule has 0 aliphatic carbocycles. The Morgan fingerprint density at radius 3 is 3.04 bits per heavy atom. The number of aliphatic hydroxyl groups is 1. The second kappa shape index (κ2) is 7.51. The van der Waals surface area contributed by atoms with Crippen molar-refractivity contribution in [2.24, 2.45) is 0 Å². The van der Waals surface area contributed by atoms with Crippen LogP contribution in [0.1, 0.15) is 0 Å². The standard InChI is InChI=1S/C16H19FN6O2/c1-22(25-2)8-12(24)9-23-7-11(6-20-23)21-16-15-13(17)4-3-5-14(15)18-10-19-16/h3-7,10,12,24H,8-9H2,1-2H3,(H,18,19,21)/t12-/m1/s1. The van der Waals surface area contributed by atoms with Gasteiger partial charge in [-0.2, -0.15) is 10.2 Å². The van der Waals surface area contributed by atoms with Crippen LogP contribution in [0.5, 0.6) is 0 Å². The van der Waals surface area contributed by atoms with E-state index in [1.165, 1.54) is 24.6 Å². The summed E-state index contributed by atoms with van der Waals surface area (Å²) in [5.74, 6) is -0.0340. The number of nitrogens with one attached hydrogen (secondary N) is 1. The molecule has 0 spiro atoms. The molecule has 2 heterocycles. The fourth-order valence-corrected chi connectivity index (χ4v) is 2.47. The minimum Gasteiger partial charge on any atom is -0.390 e. The SMILES string of the molecule is CON(C)C[C@@H](O)Cn1cc(Nc2ncnc3cccc(F)c23)cn1. The Kier molecular flexibility index (Phi) is 5.17. The van der Waals surface area contributed by atoms with Crippen molar-refractivity contribution in [1.29, 1.82) is 0 Å². The van der Waals surface area contributed by atoms with Gasteiger partial charge in [0.2, 0.25) is 0 Å². The predicted molar refractivity (Wildman–Crippen MR) is 90.7 cm³/mol. The van der Waals surface area contributed by atoms with E-state index in [2.05, 4.69) is 20.4 Å². The van der Waals surface area contributed by atoms with Crippen molar-refractivity contribution in [3.63, 3.8) is 0 Å². The summed E-state index contributed by atoms with van der Waals surface area (Å²) in [5, 5.41) is 19.1. The molecular formula is C16H19FN6O2. The fourth-order valence-electron chi connectivity index (χ4n) is 2.47. The molecule has 0 radical (unpaired) electrons. The molecule has 2 N–H and O–H groups in total. The first-order valence-electron chi connectivity index (χ1n) is 7.69. The Morgan fingerprint density at radius 1 is 1.40 bits per heavy atom. The molecule has 1 aromatic carbocycles. The topological polar surface area (TPSA) is 88.3 Å². The lowest BCUT2D eigenvalue weighted by molar-refractivity contribution is -0.129. The molecule has 0 aliphatic heterocycles. The zero-order valence-electron chi connectivity index (χ0n) is 13.9. The first kappa shape index (κ1) is 17.2. The third-order valence-corrected chi connectivity index (χ3v) is 3.69. The Bertz CT molecular complexity index is 850. The Hall–Kier alpha value is -2.62. The van der Waals surface area contributed by atoms with E-state index >= 15 is 0 Å². The second-order valence-corrected chi connectivity index (χ2v) is 5.58. The number of rotatable bonds is 7. The van der Waals surface area contributed by atoms with E-state index in [1.54, 1.807) is 36.3 Å². The van der Waals surface area contributed by atoms with Crippen molar-refractivity contribution in [3.8, 4) is 0 Å². The van der Waals surface area contributed by atoms with Crippen molar-refractivity contribution in [1.82, 2.24) is 24.8 Å². The number of nitrogens with zero attached hydrogens (tertiary/aromatic N) is 5. The molecule has 0 saturated heterocycles. The largest absolute Gasteiger partial charge is 0.390 e. The molecule has 0 aliphatic rings. The summed E-state index contributed by atoms with van der Waals surface area (Å²) in [4.78, 5) is 13.2.